The number of hydrogen-bond acceptors (Lipinski definition) is 4. The molecule has 6 nitrogen and oxygen atoms in total. The summed E-state index contributed by atoms with van der Waals surface area (Å²) >= 11 is 0. The van der Waals surface area contributed by atoms with Crippen LogP contribution in [-0.2, 0) is 16.2 Å². The second-order valence-corrected chi connectivity index (χ2v) is 9.22. The lowest BCUT2D eigenvalue weighted by Gasteiger charge is -2.34. The first-order chi connectivity index (χ1) is 14.5. The molecular formula is C21H24F3N3O3S. The molecule has 2 aromatic carbocycles. The predicted molar refractivity (Wildman–Crippen MR) is 111 cm³/mol. The predicted octanol–water partition coefficient (Wildman–Crippen LogP) is 3.31. The molecule has 31 heavy (non-hydrogen) atoms. The van der Waals surface area contributed by atoms with Gasteiger partial charge < -0.3 is 9.80 Å². The number of sulfonamides is 1. The van der Waals surface area contributed by atoms with Gasteiger partial charge >= 0.3 is 6.18 Å². The molecule has 0 radical (unpaired) electrons. The Morgan fingerprint density at radius 1 is 1.03 bits per heavy atom. The van der Waals surface area contributed by atoms with E-state index in [4.69, 9.17) is 0 Å². The molecule has 0 spiro atoms. The lowest BCUT2D eigenvalue weighted by Crippen LogP contribution is -2.50. The Morgan fingerprint density at radius 3 is 2.19 bits per heavy atom. The van der Waals surface area contributed by atoms with Gasteiger partial charge in [-0.3, -0.25) is 4.79 Å². The van der Waals surface area contributed by atoms with Crippen LogP contribution in [0.4, 0.5) is 18.9 Å². The SMILES string of the molecule is CCN(C)c1ccc(C(=O)N2CCN(S(=O)(=O)c3cccc(C(F)(F)F)c3)CC2)cc1. The quantitative estimate of drug-likeness (QED) is 0.694. The lowest BCUT2D eigenvalue weighted by atomic mass is 10.1. The van der Waals surface area contributed by atoms with Crippen LogP contribution in [0.1, 0.15) is 22.8 Å². The first-order valence-corrected chi connectivity index (χ1v) is 11.3. The molecule has 3 rings (SSSR count). The molecule has 1 heterocycles. The monoisotopic (exact) mass is 455 g/mol. The van der Waals surface area contributed by atoms with Crippen LogP contribution < -0.4 is 4.90 Å². The molecule has 168 valence electrons. The molecule has 0 N–H and O–H groups in total. The summed E-state index contributed by atoms with van der Waals surface area (Å²) < 4.78 is 65.5. The molecule has 1 aliphatic rings. The minimum absolute atomic E-state index is 0.0149. The van der Waals surface area contributed by atoms with E-state index < -0.39 is 26.7 Å². The second-order valence-electron chi connectivity index (χ2n) is 7.28. The highest BCUT2D eigenvalue weighted by atomic mass is 32.2. The van der Waals surface area contributed by atoms with E-state index >= 15 is 0 Å². The summed E-state index contributed by atoms with van der Waals surface area (Å²) in [5.41, 5.74) is 0.470. The van der Waals surface area contributed by atoms with Gasteiger partial charge in [0.1, 0.15) is 0 Å². The Kier molecular flexibility index (Phi) is 6.61. The molecule has 0 unspecified atom stereocenters. The van der Waals surface area contributed by atoms with Gasteiger partial charge in [0.15, 0.2) is 0 Å². The van der Waals surface area contributed by atoms with Crippen molar-refractivity contribution < 1.29 is 26.4 Å². The zero-order valence-electron chi connectivity index (χ0n) is 17.3. The van der Waals surface area contributed by atoms with Crippen molar-refractivity contribution >= 4 is 21.6 Å². The fourth-order valence-corrected chi connectivity index (χ4v) is 4.81. The number of anilines is 1. The Bertz CT molecular complexity index is 1030. The molecule has 1 amide bonds. The van der Waals surface area contributed by atoms with E-state index in [-0.39, 0.29) is 32.1 Å². The fraction of sp³-hybridized carbons (Fsp3) is 0.381. The maximum atomic E-state index is 12.9. The molecule has 0 bridgehead atoms. The summed E-state index contributed by atoms with van der Waals surface area (Å²) in [6, 6.07) is 10.9. The van der Waals surface area contributed by atoms with E-state index in [1.165, 1.54) is 0 Å². The van der Waals surface area contributed by atoms with Gasteiger partial charge in [0.05, 0.1) is 10.5 Å². The number of amides is 1. The third-order valence-corrected chi connectivity index (χ3v) is 7.25. The van der Waals surface area contributed by atoms with Crippen molar-refractivity contribution in [3.63, 3.8) is 0 Å². The van der Waals surface area contributed by atoms with Gasteiger partial charge in [-0.2, -0.15) is 17.5 Å². The molecule has 10 heteroatoms. The third-order valence-electron chi connectivity index (χ3n) is 5.35. The number of hydrogen-bond donors (Lipinski definition) is 0. The molecule has 0 saturated carbocycles. The molecule has 1 aliphatic heterocycles. The molecular weight excluding hydrogens is 431 g/mol. The Balaban J connectivity index is 1.68. The van der Waals surface area contributed by atoms with Crippen LogP contribution in [0.25, 0.3) is 0 Å². The van der Waals surface area contributed by atoms with Crippen molar-refractivity contribution in [2.24, 2.45) is 0 Å². The zero-order valence-corrected chi connectivity index (χ0v) is 18.1. The van der Waals surface area contributed by atoms with Crippen LogP contribution in [0.3, 0.4) is 0 Å². The molecule has 2 aromatic rings. The Morgan fingerprint density at radius 2 is 1.65 bits per heavy atom. The van der Waals surface area contributed by atoms with Gasteiger partial charge in [-0.25, -0.2) is 8.42 Å². The topological polar surface area (TPSA) is 60.9 Å². The van der Waals surface area contributed by atoms with Crippen molar-refractivity contribution in [1.29, 1.82) is 0 Å². The standard InChI is InChI=1S/C21H24F3N3O3S/c1-3-25(2)18-9-7-16(8-10-18)20(28)26-11-13-27(14-12-26)31(29,30)19-6-4-5-17(15-19)21(22,23)24/h4-10,15H,3,11-14H2,1-2H3. The second kappa shape index (κ2) is 8.88. The van der Waals surface area contributed by atoms with E-state index in [2.05, 4.69) is 0 Å². The minimum Gasteiger partial charge on any atom is -0.375 e. The molecule has 0 aromatic heterocycles. The number of alkyl halides is 3. The van der Waals surface area contributed by atoms with Gasteiger partial charge in [-0.1, -0.05) is 6.07 Å². The first-order valence-electron chi connectivity index (χ1n) is 9.82. The number of nitrogens with zero attached hydrogens (tertiary/aromatic N) is 3. The third kappa shape index (κ3) is 5.01. The average molecular weight is 456 g/mol. The summed E-state index contributed by atoms with van der Waals surface area (Å²) in [6.07, 6.45) is -4.63. The smallest absolute Gasteiger partial charge is 0.375 e. The van der Waals surface area contributed by atoms with Crippen molar-refractivity contribution in [3.05, 3.63) is 59.7 Å². The fourth-order valence-electron chi connectivity index (χ4n) is 3.34. The van der Waals surface area contributed by atoms with Crippen LogP contribution >= 0.6 is 0 Å². The maximum Gasteiger partial charge on any atom is 0.416 e. The van der Waals surface area contributed by atoms with E-state index in [9.17, 15) is 26.4 Å². The van der Waals surface area contributed by atoms with E-state index in [1.807, 2.05) is 31.0 Å². The van der Waals surface area contributed by atoms with E-state index in [0.29, 0.717) is 11.6 Å². The van der Waals surface area contributed by atoms with Crippen molar-refractivity contribution in [3.8, 4) is 0 Å². The number of carbonyl (C=O) groups excluding carboxylic acids is 1. The normalized spacial score (nSPS) is 15.7. The van der Waals surface area contributed by atoms with Crippen LogP contribution in [0.2, 0.25) is 0 Å². The highest BCUT2D eigenvalue weighted by molar-refractivity contribution is 7.89. The molecule has 0 aliphatic carbocycles. The van der Waals surface area contributed by atoms with Gasteiger partial charge in [-0.15, -0.1) is 0 Å². The van der Waals surface area contributed by atoms with Crippen molar-refractivity contribution in [2.45, 2.75) is 18.0 Å². The van der Waals surface area contributed by atoms with Crippen molar-refractivity contribution in [1.82, 2.24) is 9.21 Å². The number of piperazine rings is 1. The highest BCUT2D eigenvalue weighted by Gasteiger charge is 2.34. The van der Waals surface area contributed by atoms with Crippen molar-refractivity contribution in [2.75, 3.05) is 44.7 Å². The summed E-state index contributed by atoms with van der Waals surface area (Å²) in [5.74, 6) is -0.207. The molecule has 0 atom stereocenters. The van der Waals surface area contributed by atoms with Crippen LogP contribution in [0, 0.1) is 0 Å². The van der Waals surface area contributed by atoms with Crippen LogP contribution in [0.5, 0.6) is 0 Å². The van der Waals surface area contributed by atoms with E-state index in [0.717, 1.165) is 34.7 Å². The lowest BCUT2D eigenvalue weighted by molar-refractivity contribution is -0.137. The minimum atomic E-state index is -4.63. The van der Waals surface area contributed by atoms with Gasteiger partial charge in [-0.05, 0) is 49.4 Å². The number of halogens is 3. The molecule has 1 saturated heterocycles. The summed E-state index contributed by atoms with van der Waals surface area (Å²) in [5, 5.41) is 0. The Labute approximate surface area is 179 Å². The van der Waals surface area contributed by atoms with Gasteiger partial charge in [0, 0.05) is 51.0 Å². The highest BCUT2D eigenvalue weighted by Crippen LogP contribution is 2.31. The van der Waals surface area contributed by atoms with Crippen LogP contribution in [-0.4, -0.2) is 63.3 Å². The van der Waals surface area contributed by atoms with E-state index in [1.54, 1.807) is 17.0 Å². The van der Waals surface area contributed by atoms with Crippen LogP contribution in [0.15, 0.2) is 53.4 Å². The number of benzene rings is 2. The number of rotatable bonds is 5. The summed E-state index contributed by atoms with van der Waals surface area (Å²) in [7, 11) is -2.14. The summed E-state index contributed by atoms with van der Waals surface area (Å²) in [4.78, 5) is 15.9. The van der Waals surface area contributed by atoms with Gasteiger partial charge in [0.2, 0.25) is 10.0 Å². The van der Waals surface area contributed by atoms with Gasteiger partial charge in [0.25, 0.3) is 5.91 Å². The summed E-state index contributed by atoms with van der Waals surface area (Å²) in [6.45, 7) is 3.20. The zero-order chi connectivity index (χ0) is 22.8. The average Bonchev–Trinajstić information content (AvgIpc) is 2.77. The number of carbonyl (C=O) groups is 1. The Hall–Kier alpha value is -2.59. The largest absolute Gasteiger partial charge is 0.416 e. The maximum absolute atomic E-state index is 12.9. The first kappa shape index (κ1) is 23.1. The molecule has 1 fully saturated rings.